The Bertz CT molecular complexity index is 1110. The maximum absolute atomic E-state index is 13.3. The van der Waals surface area contributed by atoms with E-state index in [1.165, 1.54) is 0 Å². The molecule has 30 heavy (non-hydrogen) atoms. The van der Waals surface area contributed by atoms with E-state index in [9.17, 15) is 14.4 Å². The molecule has 6 heteroatoms. The quantitative estimate of drug-likeness (QED) is 0.620. The van der Waals surface area contributed by atoms with Crippen LogP contribution in [0.5, 0.6) is 0 Å². The van der Waals surface area contributed by atoms with Gasteiger partial charge in [0.25, 0.3) is 11.8 Å². The lowest BCUT2D eigenvalue weighted by Gasteiger charge is -2.26. The van der Waals surface area contributed by atoms with Gasteiger partial charge in [-0.15, -0.1) is 0 Å². The van der Waals surface area contributed by atoms with Crippen LogP contribution < -0.4 is 5.32 Å². The first-order valence-corrected chi connectivity index (χ1v) is 9.91. The van der Waals surface area contributed by atoms with E-state index >= 15 is 0 Å². The number of aryl methyl sites for hydroxylation is 1. The van der Waals surface area contributed by atoms with Gasteiger partial charge in [-0.1, -0.05) is 54.1 Å². The Morgan fingerprint density at radius 2 is 1.53 bits per heavy atom. The van der Waals surface area contributed by atoms with Gasteiger partial charge in [-0.2, -0.15) is 0 Å². The molecule has 0 aromatic heterocycles. The smallest absolute Gasteiger partial charge is 0.262 e. The third kappa shape index (κ3) is 3.72. The summed E-state index contributed by atoms with van der Waals surface area (Å²) < 4.78 is 0. The molecule has 0 saturated heterocycles. The molecule has 0 spiro atoms. The van der Waals surface area contributed by atoms with Gasteiger partial charge in [0.1, 0.15) is 6.04 Å². The highest BCUT2D eigenvalue weighted by atomic mass is 35.5. The van der Waals surface area contributed by atoms with Gasteiger partial charge in [-0.05, 0) is 48.4 Å². The monoisotopic (exact) mass is 418 g/mol. The summed E-state index contributed by atoms with van der Waals surface area (Å²) >= 11 is 6.01. The minimum Gasteiger partial charge on any atom is -0.324 e. The highest BCUT2D eigenvalue weighted by Gasteiger charge is 2.42. The summed E-state index contributed by atoms with van der Waals surface area (Å²) in [6, 6.07) is 20.1. The van der Waals surface area contributed by atoms with Crippen molar-refractivity contribution in [3.63, 3.8) is 0 Å². The van der Waals surface area contributed by atoms with Crippen LogP contribution in [0.3, 0.4) is 0 Å². The highest BCUT2D eigenvalue weighted by Crippen LogP contribution is 2.27. The number of carbonyl (C=O) groups excluding carboxylic acids is 3. The molecule has 0 radical (unpaired) electrons. The van der Waals surface area contributed by atoms with Crippen molar-refractivity contribution < 1.29 is 14.4 Å². The molecule has 1 aliphatic heterocycles. The average molecular weight is 419 g/mol. The number of hydrogen-bond donors (Lipinski definition) is 1. The van der Waals surface area contributed by atoms with Gasteiger partial charge < -0.3 is 5.32 Å². The molecule has 1 heterocycles. The number of nitrogens with one attached hydrogen (secondary N) is 1. The van der Waals surface area contributed by atoms with Gasteiger partial charge in [-0.3, -0.25) is 19.3 Å². The fraction of sp³-hybridized carbons (Fsp3) is 0.125. The number of hydrogen-bond acceptors (Lipinski definition) is 3. The van der Waals surface area contributed by atoms with Gasteiger partial charge >= 0.3 is 0 Å². The van der Waals surface area contributed by atoms with Crippen molar-refractivity contribution in [2.45, 2.75) is 19.4 Å². The van der Waals surface area contributed by atoms with Crippen molar-refractivity contribution in [1.29, 1.82) is 0 Å². The second-order valence-electron chi connectivity index (χ2n) is 7.18. The van der Waals surface area contributed by atoms with E-state index in [0.29, 0.717) is 21.8 Å². The summed E-state index contributed by atoms with van der Waals surface area (Å²) in [5, 5.41) is 3.42. The molecule has 1 aliphatic rings. The Hall–Kier alpha value is -3.44. The molecule has 5 nitrogen and oxygen atoms in total. The molecule has 1 atom stereocenters. The molecule has 1 N–H and O–H groups in total. The summed E-state index contributed by atoms with van der Waals surface area (Å²) in [5.74, 6) is -1.35. The molecule has 0 aliphatic carbocycles. The summed E-state index contributed by atoms with van der Waals surface area (Å²) in [4.78, 5) is 40.4. The number of halogens is 1. The number of benzene rings is 3. The lowest BCUT2D eigenvalue weighted by atomic mass is 10.0. The Morgan fingerprint density at radius 1 is 0.933 bits per heavy atom. The van der Waals surface area contributed by atoms with Gasteiger partial charge in [0.15, 0.2) is 0 Å². The molecule has 0 bridgehead atoms. The van der Waals surface area contributed by atoms with Crippen LogP contribution in [0.25, 0.3) is 0 Å². The second kappa shape index (κ2) is 8.13. The zero-order valence-corrected chi connectivity index (χ0v) is 17.0. The van der Waals surface area contributed by atoms with Crippen LogP contribution in [0.2, 0.25) is 5.02 Å². The van der Waals surface area contributed by atoms with Crippen molar-refractivity contribution in [2.24, 2.45) is 0 Å². The lowest BCUT2D eigenvalue weighted by Crippen LogP contribution is -2.48. The maximum atomic E-state index is 13.3. The number of rotatable bonds is 5. The topological polar surface area (TPSA) is 66.5 Å². The lowest BCUT2D eigenvalue weighted by molar-refractivity contribution is -0.119. The van der Waals surface area contributed by atoms with Crippen molar-refractivity contribution in [3.05, 3.63) is 100 Å². The molecule has 3 aromatic rings. The number of amides is 3. The molecule has 0 unspecified atom stereocenters. The van der Waals surface area contributed by atoms with Crippen LogP contribution in [0, 0.1) is 6.92 Å². The first-order chi connectivity index (χ1) is 14.5. The summed E-state index contributed by atoms with van der Waals surface area (Å²) in [5.41, 5.74) is 2.85. The fourth-order valence-corrected chi connectivity index (χ4v) is 3.84. The first-order valence-electron chi connectivity index (χ1n) is 9.53. The number of nitrogens with zero attached hydrogens (tertiary/aromatic N) is 1. The number of fused-ring (bicyclic) bond motifs is 1. The van der Waals surface area contributed by atoms with Crippen molar-refractivity contribution in [3.8, 4) is 0 Å². The minimum atomic E-state index is -0.991. The number of anilines is 1. The molecule has 150 valence electrons. The molecule has 3 aromatic carbocycles. The highest BCUT2D eigenvalue weighted by molar-refractivity contribution is 6.30. The van der Waals surface area contributed by atoms with Crippen LogP contribution in [-0.2, 0) is 11.2 Å². The fourth-order valence-electron chi connectivity index (χ4n) is 3.61. The van der Waals surface area contributed by atoms with Crippen LogP contribution in [0.4, 0.5) is 5.69 Å². The predicted octanol–water partition coefficient (Wildman–Crippen LogP) is 4.49. The Kier molecular flexibility index (Phi) is 5.38. The number of imide groups is 1. The minimum absolute atomic E-state index is 0.213. The van der Waals surface area contributed by atoms with E-state index in [1.54, 1.807) is 42.5 Å². The van der Waals surface area contributed by atoms with Crippen LogP contribution in [0.15, 0.2) is 72.8 Å². The zero-order valence-electron chi connectivity index (χ0n) is 16.3. The average Bonchev–Trinajstić information content (AvgIpc) is 3.00. The standard InChI is InChI=1S/C24H19ClN2O3/c1-15-13-17(25)11-12-20(15)26-22(28)21(14-16-7-3-2-4-8-16)27-23(29)18-9-5-6-10-19(18)24(27)30/h2-13,21H,14H2,1H3,(H,26,28)/t21-/m1/s1. The van der Waals surface area contributed by atoms with Gasteiger partial charge in [0.2, 0.25) is 5.91 Å². The van der Waals surface area contributed by atoms with Crippen LogP contribution in [-0.4, -0.2) is 28.7 Å². The molecule has 0 fully saturated rings. The van der Waals surface area contributed by atoms with E-state index in [4.69, 9.17) is 11.6 Å². The molecule has 0 saturated carbocycles. The second-order valence-corrected chi connectivity index (χ2v) is 7.62. The third-order valence-electron chi connectivity index (χ3n) is 5.16. The SMILES string of the molecule is Cc1cc(Cl)ccc1NC(=O)[C@@H](Cc1ccccc1)N1C(=O)c2ccccc2C1=O. The summed E-state index contributed by atoms with van der Waals surface area (Å²) in [6.07, 6.45) is 0.213. The molecule has 4 rings (SSSR count). The largest absolute Gasteiger partial charge is 0.324 e. The molecular formula is C24H19ClN2O3. The zero-order chi connectivity index (χ0) is 21.3. The molecular weight excluding hydrogens is 400 g/mol. The van der Waals surface area contributed by atoms with Crippen LogP contribution >= 0.6 is 11.6 Å². The van der Waals surface area contributed by atoms with Crippen LogP contribution in [0.1, 0.15) is 31.8 Å². The van der Waals surface area contributed by atoms with Crippen molar-refractivity contribution in [1.82, 2.24) is 4.90 Å². The summed E-state index contributed by atoms with van der Waals surface area (Å²) in [7, 11) is 0. The Morgan fingerprint density at radius 3 is 2.13 bits per heavy atom. The van der Waals surface area contributed by atoms with Crippen molar-refractivity contribution >= 4 is 35.0 Å². The normalized spacial score (nSPS) is 13.9. The van der Waals surface area contributed by atoms with E-state index < -0.39 is 23.8 Å². The Labute approximate surface area is 179 Å². The molecule has 3 amide bonds. The third-order valence-corrected chi connectivity index (χ3v) is 5.39. The van der Waals surface area contributed by atoms with Gasteiger partial charge in [0.05, 0.1) is 11.1 Å². The Balaban J connectivity index is 1.69. The van der Waals surface area contributed by atoms with Gasteiger partial charge in [-0.25, -0.2) is 0 Å². The summed E-state index contributed by atoms with van der Waals surface area (Å²) in [6.45, 7) is 1.83. The van der Waals surface area contributed by atoms with Gasteiger partial charge in [0, 0.05) is 17.1 Å². The predicted molar refractivity (Wildman–Crippen MR) is 116 cm³/mol. The first kappa shape index (κ1) is 19.9. The van der Waals surface area contributed by atoms with Crippen molar-refractivity contribution in [2.75, 3.05) is 5.32 Å². The van der Waals surface area contributed by atoms with E-state index in [2.05, 4.69) is 5.32 Å². The number of carbonyl (C=O) groups is 3. The van der Waals surface area contributed by atoms with E-state index in [-0.39, 0.29) is 6.42 Å². The van der Waals surface area contributed by atoms with E-state index in [0.717, 1.165) is 16.0 Å². The maximum Gasteiger partial charge on any atom is 0.262 e. The van der Waals surface area contributed by atoms with E-state index in [1.807, 2.05) is 37.3 Å².